The number of hydrogen-bond donors (Lipinski definition) is 2. The van der Waals surface area contributed by atoms with E-state index in [1.165, 1.54) is 32.4 Å². The van der Waals surface area contributed by atoms with Gasteiger partial charge in [-0.3, -0.25) is 4.79 Å². The number of carboxylic acid groups (broad SMARTS) is 1. The van der Waals surface area contributed by atoms with Crippen LogP contribution in [0.3, 0.4) is 0 Å². The summed E-state index contributed by atoms with van der Waals surface area (Å²) in [6, 6.07) is 3.16. The predicted octanol–water partition coefficient (Wildman–Crippen LogP) is 1.53. The SMILES string of the molecule is CCCC[C@H](NC(=O)[C@@H]1SCCN1S(=O)(=O)c1ccc(OC)c(OC)c1)C(=O)O. The number of amides is 1. The Morgan fingerprint density at radius 2 is 2.00 bits per heavy atom. The molecule has 1 aliphatic heterocycles. The summed E-state index contributed by atoms with van der Waals surface area (Å²) in [5, 5.41) is 10.8. The zero-order valence-electron chi connectivity index (χ0n) is 16.6. The molecule has 2 N–H and O–H groups in total. The van der Waals surface area contributed by atoms with Crippen LogP contribution in [-0.4, -0.2) is 67.6 Å². The highest BCUT2D eigenvalue weighted by Crippen LogP contribution is 2.34. The Hall–Kier alpha value is -1.98. The molecule has 0 saturated carbocycles. The molecule has 2 rings (SSSR count). The second-order valence-corrected chi connectivity index (χ2v) is 9.48. The second-order valence-electron chi connectivity index (χ2n) is 6.40. The molecule has 29 heavy (non-hydrogen) atoms. The van der Waals surface area contributed by atoms with Gasteiger partial charge >= 0.3 is 5.97 Å². The monoisotopic (exact) mass is 446 g/mol. The van der Waals surface area contributed by atoms with Gasteiger partial charge in [-0.15, -0.1) is 11.8 Å². The summed E-state index contributed by atoms with van der Waals surface area (Å²) in [4.78, 5) is 24.1. The number of unbranched alkanes of at least 4 members (excludes halogenated alkanes) is 1. The third-order valence-corrected chi connectivity index (χ3v) is 7.69. The molecular weight excluding hydrogens is 420 g/mol. The number of carboxylic acids is 1. The molecule has 0 radical (unpaired) electrons. The van der Waals surface area contributed by atoms with Crippen molar-refractivity contribution in [2.45, 2.75) is 42.5 Å². The van der Waals surface area contributed by atoms with E-state index in [1.54, 1.807) is 0 Å². The Morgan fingerprint density at radius 1 is 1.31 bits per heavy atom. The van der Waals surface area contributed by atoms with Gasteiger partial charge in [-0.2, -0.15) is 4.31 Å². The van der Waals surface area contributed by atoms with Crippen LogP contribution in [0.2, 0.25) is 0 Å². The van der Waals surface area contributed by atoms with Crippen LogP contribution in [-0.2, 0) is 19.6 Å². The van der Waals surface area contributed by atoms with E-state index in [4.69, 9.17) is 9.47 Å². The number of benzene rings is 1. The Balaban J connectivity index is 2.24. The molecule has 1 fully saturated rings. The molecule has 1 amide bonds. The number of hydrogen-bond acceptors (Lipinski definition) is 7. The van der Waals surface area contributed by atoms with Gasteiger partial charge in [0.15, 0.2) is 11.5 Å². The van der Waals surface area contributed by atoms with E-state index in [0.717, 1.165) is 22.5 Å². The maximum absolute atomic E-state index is 13.1. The van der Waals surface area contributed by atoms with Crippen molar-refractivity contribution in [2.75, 3.05) is 26.5 Å². The standard InChI is InChI=1S/C18H26N2O7S2/c1-4-5-6-13(18(22)23)19-16(21)17-20(9-10-28-17)29(24,25)12-7-8-14(26-2)15(11-12)27-3/h7-8,11,13,17H,4-6,9-10H2,1-3H3,(H,19,21)(H,22,23)/t13-,17-/m0/s1. The lowest BCUT2D eigenvalue weighted by atomic mass is 10.1. The normalized spacial score (nSPS) is 18.2. The van der Waals surface area contributed by atoms with E-state index in [1.807, 2.05) is 6.92 Å². The largest absolute Gasteiger partial charge is 0.493 e. The molecule has 2 atom stereocenters. The fourth-order valence-corrected chi connectivity index (χ4v) is 6.03. The van der Waals surface area contributed by atoms with Gasteiger partial charge in [-0.25, -0.2) is 13.2 Å². The molecule has 1 aromatic rings. The first-order valence-corrected chi connectivity index (χ1v) is 11.6. The van der Waals surface area contributed by atoms with Crippen molar-refractivity contribution in [1.29, 1.82) is 0 Å². The molecule has 1 aromatic carbocycles. The van der Waals surface area contributed by atoms with Gasteiger partial charge in [-0.1, -0.05) is 19.8 Å². The van der Waals surface area contributed by atoms with Crippen LogP contribution in [0.1, 0.15) is 26.2 Å². The van der Waals surface area contributed by atoms with Crippen molar-refractivity contribution < 1.29 is 32.6 Å². The highest BCUT2D eigenvalue weighted by atomic mass is 32.2. The Labute approximate surface area is 174 Å². The molecule has 9 nitrogen and oxygen atoms in total. The van der Waals surface area contributed by atoms with Gasteiger partial charge in [0.25, 0.3) is 0 Å². The smallest absolute Gasteiger partial charge is 0.326 e. The van der Waals surface area contributed by atoms with Crippen molar-refractivity contribution in [3.63, 3.8) is 0 Å². The molecule has 0 aromatic heterocycles. The van der Waals surface area contributed by atoms with Gasteiger partial charge < -0.3 is 19.9 Å². The van der Waals surface area contributed by atoms with Crippen LogP contribution in [0.25, 0.3) is 0 Å². The fourth-order valence-electron chi connectivity index (χ4n) is 2.93. The highest BCUT2D eigenvalue weighted by Gasteiger charge is 2.41. The molecule has 1 aliphatic rings. The third-order valence-electron chi connectivity index (χ3n) is 4.50. The van der Waals surface area contributed by atoms with E-state index in [9.17, 15) is 23.1 Å². The van der Waals surface area contributed by atoms with Gasteiger partial charge in [0, 0.05) is 18.4 Å². The summed E-state index contributed by atoms with van der Waals surface area (Å²) in [7, 11) is -1.15. The zero-order chi connectivity index (χ0) is 21.6. The zero-order valence-corrected chi connectivity index (χ0v) is 18.2. The molecule has 11 heteroatoms. The number of ether oxygens (including phenoxy) is 2. The number of rotatable bonds is 10. The molecular formula is C18H26N2O7S2. The summed E-state index contributed by atoms with van der Waals surface area (Å²) in [5.74, 6) is -0.690. The maximum Gasteiger partial charge on any atom is 0.326 e. The second kappa shape index (κ2) is 10.2. The van der Waals surface area contributed by atoms with Crippen LogP contribution in [0.15, 0.2) is 23.1 Å². The number of thioether (sulfide) groups is 1. The molecule has 0 aliphatic carbocycles. The summed E-state index contributed by atoms with van der Waals surface area (Å²) in [5.41, 5.74) is 0. The lowest BCUT2D eigenvalue weighted by Crippen LogP contribution is -2.49. The van der Waals surface area contributed by atoms with Crippen molar-refractivity contribution in [3.05, 3.63) is 18.2 Å². The summed E-state index contributed by atoms with van der Waals surface area (Å²) in [6.07, 6.45) is 1.72. The van der Waals surface area contributed by atoms with Crippen LogP contribution < -0.4 is 14.8 Å². The number of nitrogens with one attached hydrogen (secondary N) is 1. The fraction of sp³-hybridized carbons (Fsp3) is 0.556. The lowest BCUT2D eigenvalue weighted by molar-refractivity contribution is -0.142. The molecule has 162 valence electrons. The van der Waals surface area contributed by atoms with Gasteiger partial charge in [0.2, 0.25) is 15.9 Å². The lowest BCUT2D eigenvalue weighted by Gasteiger charge is -2.24. The average Bonchev–Trinajstić information content (AvgIpc) is 3.21. The molecule has 1 saturated heterocycles. The minimum Gasteiger partial charge on any atom is -0.493 e. The molecule has 1 heterocycles. The highest BCUT2D eigenvalue weighted by molar-refractivity contribution is 8.02. The van der Waals surface area contributed by atoms with Crippen molar-refractivity contribution >= 4 is 33.7 Å². The summed E-state index contributed by atoms with van der Waals surface area (Å²) in [6.45, 7) is 2.07. The van der Waals surface area contributed by atoms with E-state index < -0.39 is 33.3 Å². The summed E-state index contributed by atoms with van der Waals surface area (Å²) < 4.78 is 37.6. The van der Waals surface area contributed by atoms with Crippen LogP contribution >= 0.6 is 11.8 Å². The Bertz CT molecular complexity index is 845. The number of carbonyl (C=O) groups is 2. The minimum absolute atomic E-state index is 0.0313. The molecule has 0 bridgehead atoms. The number of carbonyl (C=O) groups excluding carboxylic acids is 1. The van der Waals surface area contributed by atoms with Gasteiger partial charge in [-0.05, 0) is 18.6 Å². The number of methoxy groups -OCH3 is 2. The van der Waals surface area contributed by atoms with Crippen LogP contribution in [0, 0.1) is 0 Å². The third kappa shape index (κ3) is 5.34. The van der Waals surface area contributed by atoms with Crippen LogP contribution in [0.4, 0.5) is 0 Å². The average molecular weight is 447 g/mol. The van der Waals surface area contributed by atoms with Crippen molar-refractivity contribution in [3.8, 4) is 11.5 Å². The first-order valence-electron chi connectivity index (χ1n) is 9.14. The Morgan fingerprint density at radius 3 is 2.59 bits per heavy atom. The van der Waals surface area contributed by atoms with Crippen molar-refractivity contribution in [1.82, 2.24) is 9.62 Å². The number of sulfonamides is 1. The van der Waals surface area contributed by atoms with E-state index >= 15 is 0 Å². The molecule has 0 unspecified atom stereocenters. The van der Waals surface area contributed by atoms with E-state index in [-0.39, 0.29) is 23.6 Å². The van der Waals surface area contributed by atoms with E-state index in [2.05, 4.69) is 5.32 Å². The first kappa shape index (κ1) is 23.3. The van der Waals surface area contributed by atoms with E-state index in [0.29, 0.717) is 17.9 Å². The summed E-state index contributed by atoms with van der Waals surface area (Å²) >= 11 is 1.16. The predicted molar refractivity (Wildman–Crippen MR) is 109 cm³/mol. The topological polar surface area (TPSA) is 122 Å². The minimum atomic E-state index is -3.99. The van der Waals surface area contributed by atoms with Gasteiger partial charge in [0.05, 0.1) is 19.1 Å². The Kier molecular flexibility index (Phi) is 8.17. The molecule has 0 spiro atoms. The number of aliphatic carboxylic acids is 1. The first-order chi connectivity index (χ1) is 13.8. The van der Waals surface area contributed by atoms with Gasteiger partial charge in [0.1, 0.15) is 11.4 Å². The van der Waals surface area contributed by atoms with Crippen molar-refractivity contribution in [2.24, 2.45) is 0 Å². The maximum atomic E-state index is 13.1. The number of nitrogens with zero attached hydrogens (tertiary/aromatic N) is 1. The van der Waals surface area contributed by atoms with Crippen LogP contribution in [0.5, 0.6) is 11.5 Å². The quantitative estimate of drug-likeness (QED) is 0.555.